The summed E-state index contributed by atoms with van der Waals surface area (Å²) in [5.74, 6) is 2.20. The van der Waals surface area contributed by atoms with Crippen LogP contribution < -0.4 is 5.32 Å². The highest BCUT2D eigenvalue weighted by Crippen LogP contribution is 2.74. The van der Waals surface area contributed by atoms with Gasteiger partial charge in [0.2, 0.25) is 0 Å². The van der Waals surface area contributed by atoms with Gasteiger partial charge in [0.1, 0.15) is 12.4 Å². The van der Waals surface area contributed by atoms with E-state index >= 15 is 0 Å². The summed E-state index contributed by atoms with van der Waals surface area (Å²) in [6.07, 6.45) is 13.7. The Balaban J connectivity index is 1.23. The molecule has 2 bridgehead atoms. The molecule has 4 aliphatic carbocycles. The molecule has 2 aromatic rings. The molecule has 2 aliphatic heterocycles. The van der Waals surface area contributed by atoms with E-state index in [9.17, 15) is 9.90 Å². The molecule has 5 fully saturated rings. The maximum atomic E-state index is 12.5. The lowest BCUT2D eigenvalue weighted by atomic mass is 9.35. The highest BCUT2D eigenvalue weighted by Gasteiger charge is 2.72. The van der Waals surface area contributed by atoms with Gasteiger partial charge in [-0.1, -0.05) is 60.1 Å². The lowest BCUT2D eigenvalue weighted by molar-refractivity contribution is -0.257. The molecule has 3 saturated carbocycles. The zero-order chi connectivity index (χ0) is 39.0. The van der Waals surface area contributed by atoms with E-state index in [0.717, 1.165) is 76.0 Å². The lowest BCUT2D eigenvalue weighted by Crippen LogP contribution is -2.70. The summed E-state index contributed by atoms with van der Waals surface area (Å²) in [5.41, 5.74) is 1.07. The maximum absolute atomic E-state index is 12.5. The van der Waals surface area contributed by atoms with Crippen LogP contribution in [0.15, 0.2) is 42.5 Å². The van der Waals surface area contributed by atoms with Crippen molar-refractivity contribution in [2.45, 2.75) is 124 Å². The molecule has 0 aromatic carbocycles. The second-order valence-electron chi connectivity index (χ2n) is 19.7. The molecule has 11 atom stereocenters. The van der Waals surface area contributed by atoms with Gasteiger partial charge < -0.3 is 29.4 Å². The predicted octanol–water partition coefficient (Wildman–Crippen LogP) is 7.99. The number of nitrogens with zero attached hydrogens (tertiary/aromatic N) is 4. The van der Waals surface area contributed by atoms with Crippen LogP contribution in [0.5, 0.6) is 0 Å². The Hall–Kier alpha value is -2.86. The average Bonchev–Trinajstić information content (AvgIpc) is 3.67. The van der Waals surface area contributed by atoms with Gasteiger partial charge in [-0.05, 0) is 99.6 Å². The molecule has 11 heteroatoms. The number of carbonyl (C=O) groups is 1. The number of nitrogens with one attached hydrogen (secondary N) is 1. The van der Waals surface area contributed by atoms with Gasteiger partial charge in [-0.25, -0.2) is 14.5 Å². The van der Waals surface area contributed by atoms with Crippen LogP contribution in [0, 0.1) is 50.7 Å². The first-order valence-corrected chi connectivity index (χ1v) is 21.0. The molecule has 2 saturated heterocycles. The zero-order valence-electron chi connectivity index (χ0n) is 34.5. The molecular formula is C44H65N5O6. The van der Waals surface area contributed by atoms with E-state index in [1.54, 1.807) is 6.33 Å². The molecule has 0 unspecified atom stereocenters. The van der Waals surface area contributed by atoms with E-state index in [2.05, 4.69) is 76.6 Å². The van der Waals surface area contributed by atoms with Crippen molar-refractivity contribution in [3.05, 3.63) is 42.5 Å². The van der Waals surface area contributed by atoms with Crippen LogP contribution >= 0.6 is 0 Å². The molecule has 302 valence electrons. The molecular weight excluding hydrogens is 695 g/mol. The van der Waals surface area contributed by atoms with Crippen molar-refractivity contribution >= 4 is 6.16 Å². The normalized spacial score (nSPS) is 41.3. The summed E-state index contributed by atoms with van der Waals surface area (Å²) in [7, 11) is 2.05. The highest BCUT2D eigenvalue weighted by molar-refractivity contribution is 5.57. The van der Waals surface area contributed by atoms with E-state index < -0.39 is 12.3 Å². The van der Waals surface area contributed by atoms with Crippen molar-refractivity contribution in [3.63, 3.8) is 0 Å². The first-order valence-electron chi connectivity index (χ1n) is 21.0. The van der Waals surface area contributed by atoms with E-state index in [0.29, 0.717) is 37.6 Å². The Kier molecular flexibility index (Phi) is 9.86. The number of ether oxygens (including phenoxy) is 4. The molecule has 0 radical (unpaired) electrons. The van der Waals surface area contributed by atoms with Crippen LogP contribution in [0.1, 0.15) is 106 Å². The summed E-state index contributed by atoms with van der Waals surface area (Å²) in [6.45, 7) is 19.7. The first kappa shape index (κ1) is 39.0. The second-order valence-corrected chi connectivity index (χ2v) is 19.7. The topological polar surface area (TPSA) is 130 Å². The Morgan fingerprint density at radius 3 is 2.45 bits per heavy atom. The van der Waals surface area contributed by atoms with Crippen LogP contribution in [-0.4, -0.2) is 88.8 Å². The van der Waals surface area contributed by atoms with E-state index in [1.807, 2.05) is 24.5 Å². The average molecular weight is 760 g/mol. The summed E-state index contributed by atoms with van der Waals surface area (Å²) < 4.78 is 28.3. The Labute approximate surface area is 327 Å². The zero-order valence-corrected chi connectivity index (χ0v) is 34.5. The van der Waals surface area contributed by atoms with Gasteiger partial charge in [0, 0.05) is 58.4 Å². The van der Waals surface area contributed by atoms with Crippen molar-refractivity contribution in [2.75, 3.05) is 40.1 Å². The van der Waals surface area contributed by atoms with Gasteiger partial charge >= 0.3 is 6.16 Å². The van der Waals surface area contributed by atoms with Crippen molar-refractivity contribution in [2.24, 2.45) is 50.7 Å². The lowest BCUT2D eigenvalue weighted by Gasteiger charge is -2.71. The standard InChI is InChI=1S/C44H65N5O6/c1-28(2)29(3)39(4)15-16-41(6)31-9-10-34-40(5)24-53-26-44(34,32(31)11-14-42(41,7)37(39)55-38(50)51)23-33(35(40)54-25-43(45-8)17-21-52-22-18-43)49-36(47-27-48-49)30-12-19-46-20-13-30/h11-13,19-20,27-29,31,33-35,37,45H,9-10,14-18,21-26H2,1-8H3,(H,50,51)/t29-,31+,33-,34+,35+,37-,39-,40-,41-,42-,44+/m1/s1. The second kappa shape index (κ2) is 13.9. The summed E-state index contributed by atoms with van der Waals surface area (Å²) >= 11 is 0. The van der Waals surface area contributed by atoms with E-state index in [1.165, 1.54) is 5.57 Å². The third kappa shape index (κ3) is 5.78. The largest absolute Gasteiger partial charge is 0.506 e. The molecule has 0 spiro atoms. The predicted molar refractivity (Wildman–Crippen MR) is 209 cm³/mol. The molecule has 6 aliphatic rings. The Morgan fingerprint density at radius 1 is 1.02 bits per heavy atom. The number of carboxylic acid groups (broad SMARTS) is 1. The van der Waals surface area contributed by atoms with Gasteiger partial charge in [-0.3, -0.25) is 4.98 Å². The fourth-order valence-electron chi connectivity index (χ4n) is 13.5. The highest BCUT2D eigenvalue weighted by atomic mass is 16.7. The van der Waals surface area contributed by atoms with Crippen molar-refractivity contribution in [1.29, 1.82) is 0 Å². The van der Waals surface area contributed by atoms with Crippen molar-refractivity contribution in [3.8, 4) is 11.4 Å². The summed E-state index contributed by atoms with van der Waals surface area (Å²) in [4.78, 5) is 21.7. The minimum Gasteiger partial charge on any atom is -0.450 e. The SMILES string of the molecule is CNC1(CO[C@H]2[C@H](n3ncnc3-c3ccncc3)C[C@@]34COC[C@]2(C)[C@@H]3CC[C@H]2C4=CC[C@]3(C)[C@H](OC(=O)O)[C@@](C)([C@H](C)C(C)C)CC[C@]23C)CCOCC1. The van der Waals surface area contributed by atoms with Crippen LogP contribution in [-0.2, 0) is 18.9 Å². The van der Waals surface area contributed by atoms with Crippen LogP contribution in [0.4, 0.5) is 4.79 Å². The quantitative estimate of drug-likeness (QED) is 0.192. The fraction of sp³-hybridized carbons (Fsp3) is 0.773. The first-order chi connectivity index (χ1) is 26.2. The van der Waals surface area contributed by atoms with Gasteiger partial charge in [0.05, 0.1) is 32.0 Å². The maximum Gasteiger partial charge on any atom is 0.506 e. The number of hydrogen-bond acceptors (Lipinski definition) is 9. The number of rotatable bonds is 9. The van der Waals surface area contributed by atoms with E-state index in [-0.39, 0.29) is 50.7 Å². The molecule has 4 heterocycles. The van der Waals surface area contributed by atoms with Gasteiger partial charge in [0.25, 0.3) is 0 Å². The molecule has 8 rings (SSSR count). The number of aromatic nitrogens is 4. The molecule has 2 aromatic heterocycles. The van der Waals surface area contributed by atoms with Gasteiger partial charge in [0.15, 0.2) is 5.82 Å². The number of hydrogen-bond donors (Lipinski definition) is 2. The van der Waals surface area contributed by atoms with Crippen LogP contribution in [0.25, 0.3) is 11.4 Å². The molecule has 55 heavy (non-hydrogen) atoms. The van der Waals surface area contributed by atoms with Crippen molar-refractivity contribution < 1.29 is 28.8 Å². The minimum atomic E-state index is -1.16. The van der Waals surface area contributed by atoms with Crippen LogP contribution in [0.2, 0.25) is 0 Å². The monoisotopic (exact) mass is 759 g/mol. The fourth-order valence-corrected chi connectivity index (χ4v) is 13.5. The third-order valence-corrected chi connectivity index (χ3v) is 17.3. The van der Waals surface area contributed by atoms with Gasteiger partial charge in [-0.15, -0.1) is 0 Å². The molecule has 11 nitrogen and oxygen atoms in total. The van der Waals surface area contributed by atoms with E-state index in [4.69, 9.17) is 29.0 Å². The number of fused-ring (bicyclic) bond motifs is 3. The number of likely N-dealkylation sites (N-methyl/N-ethyl adjacent to an activating group) is 1. The summed E-state index contributed by atoms with van der Waals surface area (Å²) in [5, 5.41) is 18.9. The molecule has 2 N–H and O–H groups in total. The number of pyridine rings is 1. The number of allylic oxidation sites excluding steroid dienone is 1. The van der Waals surface area contributed by atoms with Crippen LogP contribution in [0.3, 0.4) is 0 Å². The molecule has 0 amide bonds. The van der Waals surface area contributed by atoms with Gasteiger partial charge in [-0.2, -0.15) is 5.10 Å². The van der Waals surface area contributed by atoms with Crippen molar-refractivity contribution in [1.82, 2.24) is 25.1 Å². The smallest absolute Gasteiger partial charge is 0.450 e. The Morgan fingerprint density at radius 2 is 1.76 bits per heavy atom. The third-order valence-electron chi connectivity index (χ3n) is 17.3. The Bertz CT molecular complexity index is 1760. The minimum absolute atomic E-state index is 0.0880. The summed E-state index contributed by atoms with van der Waals surface area (Å²) in [6, 6.07) is 3.94.